The van der Waals surface area contributed by atoms with Crippen molar-refractivity contribution in [1.82, 2.24) is 5.32 Å². The number of amides is 1. The molecule has 0 heterocycles. The summed E-state index contributed by atoms with van der Waals surface area (Å²) in [6, 6.07) is 25.3. The normalized spacial score (nSPS) is 11.9. The van der Waals surface area contributed by atoms with E-state index in [1.165, 1.54) is 6.20 Å². The maximum Gasteiger partial charge on any atom is 0.267 e. The SMILES string of the molecule is CCOc1ccc(C)cc1C(C)N/C=C(/C#N)C(=O)Nc1ccccc1Sc1ccccc1. The Kier molecular flexibility index (Phi) is 8.56. The summed E-state index contributed by atoms with van der Waals surface area (Å²) < 4.78 is 5.73. The molecule has 168 valence electrons. The van der Waals surface area contributed by atoms with E-state index in [1.807, 2.05) is 99.6 Å². The van der Waals surface area contributed by atoms with Crippen LogP contribution in [0.2, 0.25) is 0 Å². The molecule has 33 heavy (non-hydrogen) atoms. The summed E-state index contributed by atoms with van der Waals surface area (Å²) in [4.78, 5) is 14.8. The number of anilines is 1. The number of ether oxygens (including phenoxy) is 1. The molecule has 3 rings (SSSR count). The van der Waals surface area contributed by atoms with Crippen LogP contribution >= 0.6 is 11.8 Å². The van der Waals surface area contributed by atoms with Gasteiger partial charge >= 0.3 is 0 Å². The fourth-order valence-corrected chi connectivity index (χ4v) is 4.13. The second kappa shape index (κ2) is 11.8. The molecule has 0 aliphatic heterocycles. The van der Waals surface area contributed by atoms with Crippen molar-refractivity contribution in [2.24, 2.45) is 0 Å². The smallest absolute Gasteiger partial charge is 0.267 e. The third-order valence-electron chi connectivity index (χ3n) is 4.88. The highest BCUT2D eigenvalue weighted by Crippen LogP contribution is 2.33. The zero-order valence-electron chi connectivity index (χ0n) is 19.0. The average molecular weight is 458 g/mol. The molecule has 0 radical (unpaired) electrons. The van der Waals surface area contributed by atoms with Crippen molar-refractivity contribution in [2.45, 2.75) is 36.6 Å². The number of para-hydroxylation sites is 1. The average Bonchev–Trinajstić information content (AvgIpc) is 2.82. The van der Waals surface area contributed by atoms with E-state index in [0.717, 1.165) is 26.7 Å². The van der Waals surface area contributed by atoms with E-state index in [2.05, 4.69) is 10.6 Å². The largest absolute Gasteiger partial charge is 0.494 e. The van der Waals surface area contributed by atoms with E-state index in [0.29, 0.717) is 12.3 Å². The van der Waals surface area contributed by atoms with E-state index in [-0.39, 0.29) is 11.6 Å². The van der Waals surface area contributed by atoms with Gasteiger partial charge in [-0.25, -0.2) is 0 Å². The van der Waals surface area contributed by atoms with Gasteiger partial charge in [0.25, 0.3) is 5.91 Å². The van der Waals surface area contributed by atoms with Crippen LogP contribution in [0.4, 0.5) is 5.69 Å². The fourth-order valence-electron chi connectivity index (χ4n) is 3.20. The Hall–Kier alpha value is -3.69. The van der Waals surface area contributed by atoms with Crippen LogP contribution in [0.25, 0.3) is 0 Å². The number of rotatable bonds is 9. The topological polar surface area (TPSA) is 74.1 Å². The lowest BCUT2D eigenvalue weighted by molar-refractivity contribution is -0.112. The zero-order valence-corrected chi connectivity index (χ0v) is 19.8. The van der Waals surface area contributed by atoms with Crippen LogP contribution in [0.1, 0.15) is 31.0 Å². The van der Waals surface area contributed by atoms with Gasteiger partial charge < -0.3 is 15.4 Å². The quantitative estimate of drug-likeness (QED) is 0.294. The molecule has 0 aromatic heterocycles. The van der Waals surface area contributed by atoms with Crippen LogP contribution < -0.4 is 15.4 Å². The Morgan fingerprint density at radius 2 is 1.85 bits per heavy atom. The standard InChI is InChI=1S/C27H27N3O2S/c1-4-32-25-15-14-19(2)16-23(25)20(3)29-18-21(17-28)27(31)30-24-12-8-9-13-26(24)33-22-10-6-5-7-11-22/h5-16,18,20,29H,4H2,1-3H3,(H,30,31)/b21-18-. The summed E-state index contributed by atoms with van der Waals surface area (Å²) in [6.45, 7) is 6.48. The first-order valence-corrected chi connectivity index (χ1v) is 11.6. The van der Waals surface area contributed by atoms with Gasteiger partial charge in [-0.3, -0.25) is 4.79 Å². The lowest BCUT2D eigenvalue weighted by Gasteiger charge is -2.18. The molecule has 0 spiro atoms. The second-order valence-electron chi connectivity index (χ2n) is 7.40. The van der Waals surface area contributed by atoms with Gasteiger partial charge in [0.15, 0.2) is 0 Å². The summed E-state index contributed by atoms with van der Waals surface area (Å²) in [5.41, 5.74) is 2.72. The Morgan fingerprint density at radius 1 is 1.12 bits per heavy atom. The lowest BCUT2D eigenvalue weighted by atomic mass is 10.0. The first-order chi connectivity index (χ1) is 16.0. The lowest BCUT2D eigenvalue weighted by Crippen LogP contribution is -2.19. The van der Waals surface area contributed by atoms with Gasteiger partial charge in [0, 0.05) is 21.6 Å². The number of carbonyl (C=O) groups is 1. The number of nitriles is 1. The van der Waals surface area contributed by atoms with Gasteiger partial charge in [-0.05, 0) is 51.1 Å². The zero-order chi connectivity index (χ0) is 23.6. The van der Waals surface area contributed by atoms with Gasteiger partial charge in [-0.15, -0.1) is 0 Å². The van der Waals surface area contributed by atoms with Crippen LogP contribution in [0.3, 0.4) is 0 Å². The number of carbonyl (C=O) groups excluding carboxylic acids is 1. The monoisotopic (exact) mass is 457 g/mol. The van der Waals surface area contributed by atoms with Gasteiger partial charge in [0.2, 0.25) is 0 Å². The Morgan fingerprint density at radius 3 is 2.58 bits per heavy atom. The van der Waals surface area contributed by atoms with Crippen LogP contribution in [-0.2, 0) is 4.79 Å². The number of aryl methyl sites for hydroxylation is 1. The van der Waals surface area contributed by atoms with Crippen molar-refractivity contribution < 1.29 is 9.53 Å². The van der Waals surface area contributed by atoms with Crippen LogP contribution in [0.5, 0.6) is 5.75 Å². The number of hydrogen-bond donors (Lipinski definition) is 2. The van der Waals surface area contributed by atoms with E-state index < -0.39 is 5.91 Å². The summed E-state index contributed by atoms with van der Waals surface area (Å²) >= 11 is 1.55. The maximum absolute atomic E-state index is 12.8. The van der Waals surface area contributed by atoms with E-state index in [1.54, 1.807) is 11.8 Å². The molecule has 0 aliphatic rings. The highest BCUT2D eigenvalue weighted by molar-refractivity contribution is 7.99. The predicted molar refractivity (Wildman–Crippen MR) is 133 cm³/mol. The maximum atomic E-state index is 12.8. The number of nitrogens with one attached hydrogen (secondary N) is 2. The van der Waals surface area contributed by atoms with Crippen molar-refractivity contribution in [3.05, 3.63) is 95.7 Å². The Balaban J connectivity index is 1.74. The third kappa shape index (κ3) is 6.64. The molecule has 0 saturated heterocycles. The molecule has 3 aromatic rings. The molecule has 3 aromatic carbocycles. The first kappa shape index (κ1) is 24.0. The summed E-state index contributed by atoms with van der Waals surface area (Å²) in [5.74, 6) is 0.318. The molecule has 0 bridgehead atoms. The fraction of sp³-hybridized carbons (Fsp3) is 0.185. The molecular weight excluding hydrogens is 430 g/mol. The molecule has 6 heteroatoms. The van der Waals surface area contributed by atoms with Crippen molar-refractivity contribution in [2.75, 3.05) is 11.9 Å². The van der Waals surface area contributed by atoms with E-state index >= 15 is 0 Å². The van der Waals surface area contributed by atoms with Crippen LogP contribution in [0.15, 0.2) is 94.4 Å². The number of hydrogen-bond acceptors (Lipinski definition) is 5. The highest BCUT2D eigenvalue weighted by Gasteiger charge is 2.15. The molecule has 0 saturated carbocycles. The van der Waals surface area contributed by atoms with Gasteiger partial charge in [0.05, 0.1) is 18.3 Å². The van der Waals surface area contributed by atoms with Crippen LogP contribution in [-0.4, -0.2) is 12.5 Å². The molecule has 1 unspecified atom stereocenters. The number of benzene rings is 3. The van der Waals surface area contributed by atoms with Crippen molar-refractivity contribution in [1.29, 1.82) is 5.26 Å². The predicted octanol–water partition coefficient (Wildman–Crippen LogP) is 6.24. The molecule has 1 amide bonds. The van der Waals surface area contributed by atoms with E-state index in [9.17, 15) is 10.1 Å². The minimum absolute atomic E-state index is 0.00743. The van der Waals surface area contributed by atoms with Gasteiger partial charge in [-0.2, -0.15) is 5.26 Å². The Bertz CT molecular complexity index is 1170. The summed E-state index contributed by atoms with van der Waals surface area (Å²) in [7, 11) is 0. The van der Waals surface area contributed by atoms with Crippen LogP contribution in [0, 0.1) is 18.3 Å². The molecule has 2 N–H and O–H groups in total. The first-order valence-electron chi connectivity index (χ1n) is 10.7. The molecule has 0 aliphatic carbocycles. The van der Waals surface area contributed by atoms with Crippen molar-refractivity contribution in [3.63, 3.8) is 0 Å². The Labute approximate surface area is 199 Å². The summed E-state index contributed by atoms with van der Waals surface area (Å²) in [5, 5.41) is 15.6. The number of nitrogens with zero attached hydrogens (tertiary/aromatic N) is 1. The second-order valence-corrected chi connectivity index (χ2v) is 8.51. The van der Waals surface area contributed by atoms with Gasteiger partial charge in [0.1, 0.15) is 17.4 Å². The van der Waals surface area contributed by atoms with Gasteiger partial charge in [-0.1, -0.05) is 59.8 Å². The van der Waals surface area contributed by atoms with Crippen molar-refractivity contribution in [3.8, 4) is 11.8 Å². The van der Waals surface area contributed by atoms with E-state index in [4.69, 9.17) is 4.74 Å². The molecule has 0 fully saturated rings. The minimum atomic E-state index is -0.465. The third-order valence-corrected chi connectivity index (χ3v) is 5.96. The molecule has 5 nitrogen and oxygen atoms in total. The highest BCUT2D eigenvalue weighted by atomic mass is 32.2. The molecular formula is C27H27N3O2S. The minimum Gasteiger partial charge on any atom is -0.494 e. The summed E-state index contributed by atoms with van der Waals surface area (Å²) in [6.07, 6.45) is 1.46. The molecule has 1 atom stereocenters. The van der Waals surface area contributed by atoms with Crippen molar-refractivity contribution >= 4 is 23.4 Å².